The predicted octanol–water partition coefficient (Wildman–Crippen LogP) is 4.09. The van der Waals surface area contributed by atoms with Crippen LogP contribution in [0.3, 0.4) is 0 Å². The fourth-order valence-electron chi connectivity index (χ4n) is 3.30. The van der Waals surface area contributed by atoms with Gasteiger partial charge in [-0.05, 0) is 51.3 Å². The molecule has 2 aromatic rings. The van der Waals surface area contributed by atoms with Gasteiger partial charge in [-0.3, -0.25) is 14.4 Å². The van der Waals surface area contributed by atoms with E-state index in [1.807, 2.05) is 26.0 Å². The van der Waals surface area contributed by atoms with Crippen LogP contribution in [0.25, 0.3) is 0 Å². The molecule has 1 atom stereocenters. The van der Waals surface area contributed by atoms with Crippen molar-refractivity contribution in [3.8, 4) is 0 Å². The minimum atomic E-state index is -0.516. The standard InChI is InChI=1S/C24H32N2O4/c1-16(2)11-12-26-18(4)14-21(19(26)5)22(27)15-30-23(28)13-17(3)25-24(29)20-9-7-6-8-10-20/h6-10,14,16-17H,11-13,15H2,1-5H3,(H,25,29). The molecule has 0 aliphatic rings. The van der Waals surface area contributed by atoms with Gasteiger partial charge in [-0.25, -0.2) is 0 Å². The minimum absolute atomic E-state index is 0.000730. The second kappa shape index (κ2) is 10.8. The number of carbonyl (C=O) groups is 3. The molecule has 1 unspecified atom stereocenters. The van der Waals surface area contributed by atoms with Gasteiger partial charge in [0.2, 0.25) is 5.78 Å². The maximum Gasteiger partial charge on any atom is 0.308 e. The number of nitrogens with one attached hydrogen (secondary N) is 1. The molecule has 2 rings (SSSR count). The third kappa shape index (κ3) is 6.58. The second-order valence-corrected chi connectivity index (χ2v) is 8.15. The monoisotopic (exact) mass is 412 g/mol. The molecule has 0 aliphatic carbocycles. The Morgan fingerprint density at radius 3 is 2.37 bits per heavy atom. The van der Waals surface area contributed by atoms with E-state index >= 15 is 0 Å². The maximum atomic E-state index is 12.6. The first-order chi connectivity index (χ1) is 14.2. The summed E-state index contributed by atoms with van der Waals surface area (Å²) < 4.78 is 7.30. The Morgan fingerprint density at radius 1 is 1.07 bits per heavy atom. The number of ketones is 1. The number of amides is 1. The molecule has 0 bridgehead atoms. The zero-order chi connectivity index (χ0) is 22.3. The van der Waals surface area contributed by atoms with Gasteiger partial charge in [-0.1, -0.05) is 32.0 Å². The van der Waals surface area contributed by atoms with E-state index in [9.17, 15) is 14.4 Å². The number of rotatable bonds is 10. The number of aryl methyl sites for hydroxylation is 1. The number of hydrogen-bond acceptors (Lipinski definition) is 4. The first-order valence-electron chi connectivity index (χ1n) is 10.4. The fourth-order valence-corrected chi connectivity index (χ4v) is 3.30. The van der Waals surface area contributed by atoms with Crippen LogP contribution in [0.5, 0.6) is 0 Å². The Morgan fingerprint density at radius 2 is 1.73 bits per heavy atom. The summed E-state index contributed by atoms with van der Waals surface area (Å²) in [6, 6.07) is 10.2. The van der Waals surface area contributed by atoms with Crippen molar-refractivity contribution in [2.45, 2.75) is 60.0 Å². The quantitative estimate of drug-likeness (QED) is 0.471. The van der Waals surface area contributed by atoms with Gasteiger partial charge in [0, 0.05) is 35.1 Å². The van der Waals surface area contributed by atoms with Gasteiger partial charge in [0.25, 0.3) is 5.91 Å². The van der Waals surface area contributed by atoms with Crippen molar-refractivity contribution in [3.63, 3.8) is 0 Å². The van der Waals surface area contributed by atoms with Crippen molar-refractivity contribution in [2.24, 2.45) is 5.92 Å². The summed E-state index contributed by atoms with van der Waals surface area (Å²) in [7, 11) is 0. The molecule has 1 heterocycles. The van der Waals surface area contributed by atoms with Crippen molar-refractivity contribution in [1.82, 2.24) is 9.88 Å². The largest absolute Gasteiger partial charge is 0.457 e. The third-order valence-electron chi connectivity index (χ3n) is 5.05. The molecular weight excluding hydrogens is 380 g/mol. The summed E-state index contributed by atoms with van der Waals surface area (Å²) in [5, 5.41) is 2.76. The summed E-state index contributed by atoms with van der Waals surface area (Å²) in [6.07, 6.45) is 1.03. The number of benzene rings is 1. The van der Waals surface area contributed by atoms with Crippen LogP contribution >= 0.6 is 0 Å². The van der Waals surface area contributed by atoms with Crippen LogP contribution in [-0.2, 0) is 16.1 Å². The lowest BCUT2D eigenvalue weighted by Gasteiger charge is -2.13. The molecule has 0 aliphatic heterocycles. The number of nitrogens with zero attached hydrogens (tertiary/aromatic N) is 1. The van der Waals surface area contributed by atoms with Gasteiger partial charge in [0.1, 0.15) is 0 Å². The molecule has 30 heavy (non-hydrogen) atoms. The Labute approximate surface area is 178 Å². The molecule has 1 amide bonds. The number of carbonyl (C=O) groups excluding carboxylic acids is 3. The summed E-state index contributed by atoms with van der Waals surface area (Å²) in [6.45, 7) is 10.5. The Bertz CT molecular complexity index is 884. The highest BCUT2D eigenvalue weighted by Gasteiger charge is 2.19. The minimum Gasteiger partial charge on any atom is -0.457 e. The zero-order valence-corrected chi connectivity index (χ0v) is 18.5. The molecule has 1 N–H and O–H groups in total. The van der Waals surface area contributed by atoms with Crippen LogP contribution in [0.2, 0.25) is 0 Å². The average molecular weight is 413 g/mol. The Hall–Kier alpha value is -2.89. The van der Waals surface area contributed by atoms with Crippen LogP contribution < -0.4 is 5.32 Å². The first kappa shape index (κ1) is 23.4. The predicted molar refractivity (Wildman–Crippen MR) is 117 cm³/mol. The normalized spacial score (nSPS) is 11.9. The molecule has 0 saturated carbocycles. The van der Waals surface area contributed by atoms with Crippen LogP contribution in [-0.4, -0.2) is 34.9 Å². The smallest absolute Gasteiger partial charge is 0.308 e. The third-order valence-corrected chi connectivity index (χ3v) is 5.05. The lowest BCUT2D eigenvalue weighted by molar-refractivity contribution is -0.142. The molecule has 0 fully saturated rings. The Kier molecular flexibility index (Phi) is 8.39. The molecule has 162 valence electrons. The van der Waals surface area contributed by atoms with E-state index < -0.39 is 12.0 Å². The first-order valence-corrected chi connectivity index (χ1v) is 10.4. The molecule has 6 nitrogen and oxygen atoms in total. The molecule has 0 saturated heterocycles. The van der Waals surface area contributed by atoms with E-state index in [4.69, 9.17) is 4.74 Å². The lowest BCUT2D eigenvalue weighted by atomic mass is 10.1. The van der Waals surface area contributed by atoms with E-state index in [1.54, 1.807) is 31.2 Å². The van der Waals surface area contributed by atoms with Crippen LogP contribution in [0.4, 0.5) is 0 Å². The molecule has 1 aromatic carbocycles. The highest BCUT2D eigenvalue weighted by atomic mass is 16.5. The molecular formula is C24H32N2O4. The highest BCUT2D eigenvalue weighted by Crippen LogP contribution is 2.18. The fraction of sp³-hybridized carbons (Fsp3) is 0.458. The molecule has 0 spiro atoms. The van der Waals surface area contributed by atoms with Crippen LogP contribution in [0.15, 0.2) is 36.4 Å². The lowest BCUT2D eigenvalue weighted by Crippen LogP contribution is -2.34. The number of Topliss-reactive ketones (excluding diaryl/α,β-unsaturated/α-hetero) is 1. The van der Waals surface area contributed by atoms with Crippen molar-refractivity contribution >= 4 is 17.7 Å². The maximum absolute atomic E-state index is 12.6. The highest BCUT2D eigenvalue weighted by molar-refractivity contribution is 5.99. The molecule has 1 aromatic heterocycles. The van der Waals surface area contributed by atoms with Gasteiger partial charge < -0.3 is 14.6 Å². The van der Waals surface area contributed by atoms with Gasteiger partial charge in [-0.2, -0.15) is 0 Å². The molecule has 6 heteroatoms. The van der Waals surface area contributed by atoms with Gasteiger partial charge in [-0.15, -0.1) is 0 Å². The second-order valence-electron chi connectivity index (χ2n) is 8.15. The van der Waals surface area contributed by atoms with E-state index in [0.29, 0.717) is 17.0 Å². The SMILES string of the molecule is Cc1cc(C(=O)COC(=O)CC(C)NC(=O)c2ccccc2)c(C)n1CCC(C)C. The number of esters is 1. The van der Waals surface area contributed by atoms with Crippen LogP contribution in [0, 0.1) is 19.8 Å². The summed E-state index contributed by atoms with van der Waals surface area (Å²) in [4.78, 5) is 36.8. The Balaban J connectivity index is 1.85. The van der Waals surface area contributed by atoms with Crippen molar-refractivity contribution in [1.29, 1.82) is 0 Å². The topological polar surface area (TPSA) is 77.4 Å². The number of aromatic nitrogens is 1. The summed E-state index contributed by atoms with van der Waals surface area (Å²) in [5.41, 5.74) is 3.05. The van der Waals surface area contributed by atoms with E-state index in [-0.39, 0.29) is 24.7 Å². The zero-order valence-electron chi connectivity index (χ0n) is 18.5. The van der Waals surface area contributed by atoms with Gasteiger partial charge in [0.05, 0.1) is 6.42 Å². The average Bonchev–Trinajstić information content (AvgIpc) is 2.98. The van der Waals surface area contributed by atoms with E-state index in [2.05, 4.69) is 23.7 Å². The van der Waals surface area contributed by atoms with Crippen LogP contribution in [0.1, 0.15) is 65.7 Å². The van der Waals surface area contributed by atoms with E-state index in [0.717, 1.165) is 24.4 Å². The molecule has 0 radical (unpaired) electrons. The van der Waals surface area contributed by atoms with Crippen molar-refractivity contribution < 1.29 is 19.1 Å². The van der Waals surface area contributed by atoms with E-state index in [1.165, 1.54) is 0 Å². The van der Waals surface area contributed by atoms with Gasteiger partial charge >= 0.3 is 5.97 Å². The number of hydrogen-bond donors (Lipinski definition) is 1. The van der Waals surface area contributed by atoms with Crippen molar-refractivity contribution in [3.05, 3.63) is 58.9 Å². The number of ether oxygens (including phenoxy) is 1. The van der Waals surface area contributed by atoms with Crippen molar-refractivity contribution in [2.75, 3.05) is 6.61 Å². The summed E-state index contributed by atoms with van der Waals surface area (Å²) >= 11 is 0. The summed E-state index contributed by atoms with van der Waals surface area (Å²) in [5.74, 6) is -0.400. The van der Waals surface area contributed by atoms with Gasteiger partial charge in [0.15, 0.2) is 6.61 Å².